The number of fused-ring (bicyclic) bond motifs is 3. The Labute approximate surface area is 173 Å². The Hall–Kier alpha value is -3.55. The maximum atomic E-state index is 12.9. The molecule has 30 heavy (non-hydrogen) atoms. The molecule has 0 bridgehead atoms. The molecule has 8 heteroatoms. The normalized spacial score (nSPS) is 11.5. The molecular formula is C22H26N6O2. The Morgan fingerprint density at radius 2 is 2.03 bits per heavy atom. The lowest BCUT2D eigenvalue weighted by Crippen LogP contribution is -2.22. The molecule has 3 heterocycles. The molecule has 0 atom stereocenters. The summed E-state index contributed by atoms with van der Waals surface area (Å²) in [7, 11) is 0. The predicted molar refractivity (Wildman–Crippen MR) is 119 cm³/mol. The van der Waals surface area contributed by atoms with Crippen molar-refractivity contribution in [1.82, 2.24) is 24.5 Å². The van der Waals surface area contributed by atoms with E-state index in [2.05, 4.69) is 20.7 Å². The van der Waals surface area contributed by atoms with Gasteiger partial charge in [0.05, 0.1) is 10.9 Å². The molecule has 0 saturated heterocycles. The maximum Gasteiger partial charge on any atom is 0.260 e. The number of carbonyl (C=O) groups is 1. The first-order valence-corrected chi connectivity index (χ1v) is 10.1. The van der Waals surface area contributed by atoms with Crippen LogP contribution in [0.4, 0.5) is 11.5 Å². The van der Waals surface area contributed by atoms with Gasteiger partial charge in [-0.05, 0) is 57.9 Å². The summed E-state index contributed by atoms with van der Waals surface area (Å²) in [5.41, 5.74) is 4.83. The van der Waals surface area contributed by atoms with E-state index in [0.29, 0.717) is 23.3 Å². The highest BCUT2D eigenvalue weighted by molar-refractivity contribution is 5.97. The molecular weight excluding hydrogens is 380 g/mol. The van der Waals surface area contributed by atoms with Crippen molar-refractivity contribution in [3.63, 3.8) is 0 Å². The SMILES string of the molecule is CCNC(=O)c1ccc(C)c(Nc2nc[nH]n3c2c(C)c2c(=O)n(C(C)C)cc23)c1. The van der Waals surface area contributed by atoms with Crippen molar-refractivity contribution in [2.75, 3.05) is 11.9 Å². The first-order chi connectivity index (χ1) is 14.3. The Kier molecular flexibility index (Phi) is 4.85. The second-order valence-corrected chi connectivity index (χ2v) is 7.75. The number of anilines is 2. The minimum atomic E-state index is -0.119. The standard InChI is InChI=1S/C22H26N6O2/c1-6-23-21(29)15-8-7-13(4)16(9-15)26-20-19-14(5)18-17(28(19)25-11-24-20)10-27(12(2)3)22(18)30/h7-12,26H,6H2,1-5H3,(H,23,29)(H,24,25). The number of H-pyrrole nitrogens is 1. The van der Waals surface area contributed by atoms with E-state index in [1.165, 1.54) is 0 Å². The molecule has 0 aliphatic carbocycles. The van der Waals surface area contributed by atoms with Gasteiger partial charge in [0, 0.05) is 30.0 Å². The second-order valence-electron chi connectivity index (χ2n) is 7.75. The summed E-state index contributed by atoms with van der Waals surface area (Å²) in [6.07, 6.45) is 3.47. The smallest absolute Gasteiger partial charge is 0.260 e. The molecule has 8 nitrogen and oxygen atoms in total. The van der Waals surface area contributed by atoms with Gasteiger partial charge in [-0.25, -0.2) is 9.50 Å². The van der Waals surface area contributed by atoms with Crippen LogP contribution in [0.25, 0.3) is 16.4 Å². The molecule has 1 amide bonds. The third-order valence-electron chi connectivity index (χ3n) is 5.41. The fourth-order valence-electron chi connectivity index (χ4n) is 3.82. The van der Waals surface area contributed by atoms with Crippen LogP contribution in [0.15, 0.2) is 35.5 Å². The largest absolute Gasteiger partial charge is 0.352 e. The number of nitrogens with one attached hydrogen (secondary N) is 3. The number of aromatic amines is 1. The van der Waals surface area contributed by atoms with Crippen molar-refractivity contribution in [1.29, 1.82) is 0 Å². The summed E-state index contributed by atoms with van der Waals surface area (Å²) in [4.78, 5) is 29.6. The molecule has 3 N–H and O–H groups in total. The van der Waals surface area contributed by atoms with Gasteiger partial charge in [0.25, 0.3) is 11.5 Å². The van der Waals surface area contributed by atoms with E-state index in [4.69, 9.17) is 0 Å². The lowest BCUT2D eigenvalue weighted by atomic mass is 10.1. The molecule has 0 radical (unpaired) electrons. The van der Waals surface area contributed by atoms with Gasteiger partial charge in [0.1, 0.15) is 11.8 Å². The molecule has 4 aromatic rings. The minimum absolute atomic E-state index is 0.00466. The highest BCUT2D eigenvalue weighted by atomic mass is 16.1. The van der Waals surface area contributed by atoms with Gasteiger partial charge in [-0.1, -0.05) is 6.07 Å². The van der Waals surface area contributed by atoms with Gasteiger partial charge in [-0.15, -0.1) is 0 Å². The lowest BCUT2D eigenvalue weighted by molar-refractivity contribution is 0.0956. The van der Waals surface area contributed by atoms with Gasteiger partial charge >= 0.3 is 0 Å². The van der Waals surface area contributed by atoms with Crippen LogP contribution in [0, 0.1) is 13.8 Å². The highest BCUT2D eigenvalue weighted by Gasteiger charge is 2.20. The molecule has 0 spiro atoms. The zero-order valence-corrected chi connectivity index (χ0v) is 17.8. The summed E-state index contributed by atoms with van der Waals surface area (Å²) in [6, 6.07) is 5.61. The number of nitrogens with zero attached hydrogens (tertiary/aromatic N) is 3. The fraction of sp³-hybridized carbons (Fsp3) is 0.318. The van der Waals surface area contributed by atoms with Crippen LogP contribution >= 0.6 is 0 Å². The van der Waals surface area contributed by atoms with Crippen molar-refractivity contribution < 1.29 is 4.79 Å². The highest BCUT2D eigenvalue weighted by Crippen LogP contribution is 2.30. The van der Waals surface area contributed by atoms with Crippen LogP contribution in [0.2, 0.25) is 0 Å². The Morgan fingerprint density at radius 1 is 1.27 bits per heavy atom. The number of amides is 1. The number of carbonyl (C=O) groups excluding carboxylic acids is 1. The quantitative estimate of drug-likeness (QED) is 0.471. The Morgan fingerprint density at radius 3 is 2.73 bits per heavy atom. The average molecular weight is 406 g/mol. The topological polar surface area (TPSA) is 96.2 Å². The number of benzene rings is 1. The average Bonchev–Trinajstić information content (AvgIpc) is 3.20. The van der Waals surface area contributed by atoms with Gasteiger partial charge in [0.2, 0.25) is 0 Å². The van der Waals surface area contributed by atoms with Crippen LogP contribution in [0.1, 0.15) is 48.3 Å². The molecule has 4 rings (SSSR count). The second kappa shape index (κ2) is 7.37. The number of rotatable bonds is 5. The molecule has 0 saturated carbocycles. The molecule has 156 valence electrons. The van der Waals surface area contributed by atoms with Crippen LogP contribution in [-0.4, -0.2) is 31.6 Å². The lowest BCUT2D eigenvalue weighted by Gasteiger charge is -2.13. The van der Waals surface area contributed by atoms with E-state index >= 15 is 0 Å². The third-order valence-corrected chi connectivity index (χ3v) is 5.41. The molecule has 0 fully saturated rings. The monoisotopic (exact) mass is 406 g/mol. The summed E-state index contributed by atoms with van der Waals surface area (Å²) >= 11 is 0. The molecule has 0 aliphatic rings. The maximum absolute atomic E-state index is 12.9. The Bertz CT molecular complexity index is 1330. The van der Waals surface area contributed by atoms with E-state index < -0.39 is 0 Å². The molecule has 0 aliphatic heterocycles. The number of hydrogen-bond donors (Lipinski definition) is 3. The van der Waals surface area contributed by atoms with Crippen molar-refractivity contribution >= 4 is 33.8 Å². The van der Waals surface area contributed by atoms with Crippen molar-refractivity contribution in [2.24, 2.45) is 0 Å². The van der Waals surface area contributed by atoms with Gasteiger partial charge in [-0.2, -0.15) is 0 Å². The van der Waals surface area contributed by atoms with Crippen LogP contribution in [0.5, 0.6) is 0 Å². The van der Waals surface area contributed by atoms with Crippen molar-refractivity contribution in [3.05, 3.63) is 57.8 Å². The van der Waals surface area contributed by atoms with E-state index in [1.54, 1.807) is 17.0 Å². The van der Waals surface area contributed by atoms with E-state index in [-0.39, 0.29) is 17.5 Å². The predicted octanol–water partition coefficient (Wildman–Crippen LogP) is 3.67. The van der Waals surface area contributed by atoms with Gasteiger partial charge in [-0.3, -0.25) is 14.7 Å². The number of aryl methyl sites for hydroxylation is 2. The number of aromatic nitrogens is 4. The summed E-state index contributed by atoms with van der Waals surface area (Å²) in [5, 5.41) is 9.99. The van der Waals surface area contributed by atoms with E-state index in [9.17, 15) is 9.59 Å². The van der Waals surface area contributed by atoms with Crippen LogP contribution in [-0.2, 0) is 0 Å². The van der Waals surface area contributed by atoms with Crippen molar-refractivity contribution in [2.45, 2.75) is 40.7 Å². The first-order valence-electron chi connectivity index (χ1n) is 10.1. The van der Waals surface area contributed by atoms with Crippen LogP contribution < -0.4 is 16.2 Å². The van der Waals surface area contributed by atoms with Gasteiger partial charge < -0.3 is 15.2 Å². The number of hydrogen-bond acceptors (Lipinski definition) is 4. The van der Waals surface area contributed by atoms with Crippen molar-refractivity contribution in [3.8, 4) is 0 Å². The summed E-state index contributed by atoms with van der Waals surface area (Å²) in [6.45, 7) is 10.3. The Balaban J connectivity index is 1.85. The van der Waals surface area contributed by atoms with Crippen LogP contribution in [0.3, 0.4) is 0 Å². The molecule has 0 unspecified atom stereocenters. The zero-order chi connectivity index (χ0) is 21.6. The van der Waals surface area contributed by atoms with E-state index in [0.717, 1.165) is 27.8 Å². The minimum Gasteiger partial charge on any atom is -0.352 e. The van der Waals surface area contributed by atoms with E-state index in [1.807, 2.05) is 57.5 Å². The molecule has 3 aromatic heterocycles. The fourth-order valence-corrected chi connectivity index (χ4v) is 3.82. The molecule has 1 aromatic carbocycles. The summed E-state index contributed by atoms with van der Waals surface area (Å²) in [5.74, 6) is 0.501. The summed E-state index contributed by atoms with van der Waals surface area (Å²) < 4.78 is 3.62. The zero-order valence-electron chi connectivity index (χ0n) is 17.8. The third kappa shape index (κ3) is 3.04. The van der Waals surface area contributed by atoms with Gasteiger partial charge in [0.15, 0.2) is 5.82 Å². The first kappa shape index (κ1) is 19.8.